The lowest BCUT2D eigenvalue weighted by atomic mass is 9.91. The summed E-state index contributed by atoms with van der Waals surface area (Å²) in [5.41, 5.74) is 1.37. The molecule has 104 valence electrons. The van der Waals surface area contributed by atoms with E-state index in [2.05, 4.69) is 42.2 Å². The fraction of sp³-hybridized carbons (Fsp3) is 0.588. The highest BCUT2D eigenvalue weighted by Crippen LogP contribution is 2.25. The van der Waals surface area contributed by atoms with E-state index in [0.29, 0.717) is 11.7 Å². The first-order chi connectivity index (χ1) is 9.13. The molecule has 0 amide bonds. The van der Waals surface area contributed by atoms with Crippen LogP contribution in [-0.2, 0) is 11.3 Å². The Bertz CT molecular complexity index is 401. The maximum atomic E-state index is 11.4. The van der Waals surface area contributed by atoms with Crippen LogP contribution in [0.2, 0.25) is 0 Å². The summed E-state index contributed by atoms with van der Waals surface area (Å²) in [5.74, 6) is 1.61. The van der Waals surface area contributed by atoms with Gasteiger partial charge < -0.3 is 4.79 Å². The zero-order valence-corrected chi connectivity index (χ0v) is 12.1. The van der Waals surface area contributed by atoms with Crippen LogP contribution in [0.25, 0.3) is 0 Å². The van der Waals surface area contributed by atoms with Gasteiger partial charge in [-0.1, -0.05) is 37.3 Å². The van der Waals surface area contributed by atoms with Gasteiger partial charge in [0.05, 0.1) is 0 Å². The van der Waals surface area contributed by atoms with Crippen molar-refractivity contribution in [2.75, 3.05) is 13.1 Å². The number of carbonyl (C=O) groups excluding carboxylic acids is 1. The van der Waals surface area contributed by atoms with Gasteiger partial charge in [0.25, 0.3) is 0 Å². The Morgan fingerprint density at radius 2 is 2.05 bits per heavy atom. The van der Waals surface area contributed by atoms with Crippen LogP contribution in [0, 0.1) is 11.8 Å². The number of carbonyl (C=O) groups is 1. The van der Waals surface area contributed by atoms with Crippen LogP contribution in [0.4, 0.5) is 0 Å². The highest BCUT2D eigenvalue weighted by molar-refractivity contribution is 5.75. The number of nitrogens with zero attached hydrogens (tertiary/aromatic N) is 1. The van der Waals surface area contributed by atoms with Crippen LogP contribution >= 0.6 is 0 Å². The lowest BCUT2D eigenvalue weighted by Gasteiger charge is -2.23. The lowest BCUT2D eigenvalue weighted by Crippen LogP contribution is -2.28. The molecule has 0 aliphatic carbocycles. The Morgan fingerprint density at radius 3 is 2.74 bits per heavy atom. The van der Waals surface area contributed by atoms with Gasteiger partial charge in [-0.2, -0.15) is 0 Å². The topological polar surface area (TPSA) is 20.3 Å². The van der Waals surface area contributed by atoms with Gasteiger partial charge in [0.2, 0.25) is 0 Å². The van der Waals surface area contributed by atoms with Crippen LogP contribution in [0.15, 0.2) is 30.3 Å². The second kappa shape index (κ2) is 6.85. The molecule has 1 aliphatic rings. The molecule has 2 unspecified atom stereocenters. The Morgan fingerprint density at radius 1 is 1.32 bits per heavy atom. The average Bonchev–Trinajstić information content (AvgIpc) is 2.52. The minimum Gasteiger partial charge on any atom is -0.300 e. The molecule has 1 aliphatic heterocycles. The molecule has 1 aromatic rings. The molecule has 0 aromatic heterocycles. The molecule has 1 heterocycles. The normalized spacial score (nSPS) is 24.9. The van der Waals surface area contributed by atoms with Crippen molar-refractivity contribution in [3.63, 3.8) is 0 Å². The van der Waals surface area contributed by atoms with Crippen molar-refractivity contribution in [2.24, 2.45) is 11.8 Å². The molecule has 0 bridgehead atoms. The number of Topliss-reactive ketones (excluding diaryl/α,β-unsaturated/α-hetero) is 1. The molecule has 0 N–H and O–H groups in total. The fourth-order valence-electron chi connectivity index (χ4n) is 3.16. The van der Waals surface area contributed by atoms with Crippen molar-refractivity contribution < 1.29 is 4.79 Å². The largest absolute Gasteiger partial charge is 0.300 e. The second-order valence-corrected chi connectivity index (χ2v) is 6.12. The third kappa shape index (κ3) is 4.79. The van der Waals surface area contributed by atoms with Crippen LogP contribution in [0.3, 0.4) is 0 Å². The minimum atomic E-state index is 0.332. The Hall–Kier alpha value is -1.15. The van der Waals surface area contributed by atoms with E-state index in [9.17, 15) is 4.79 Å². The molecule has 1 saturated heterocycles. The fourth-order valence-corrected chi connectivity index (χ4v) is 3.16. The highest BCUT2D eigenvalue weighted by atomic mass is 16.1. The summed E-state index contributed by atoms with van der Waals surface area (Å²) in [6, 6.07) is 10.6. The first-order valence-corrected chi connectivity index (χ1v) is 7.39. The molecule has 0 saturated carbocycles. The van der Waals surface area contributed by atoms with Crippen molar-refractivity contribution in [1.29, 1.82) is 0 Å². The van der Waals surface area contributed by atoms with Crippen molar-refractivity contribution >= 4 is 5.78 Å². The quantitative estimate of drug-likeness (QED) is 0.824. The summed E-state index contributed by atoms with van der Waals surface area (Å²) in [5, 5.41) is 0. The van der Waals surface area contributed by atoms with Crippen LogP contribution < -0.4 is 0 Å². The Kier molecular flexibility index (Phi) is 5.15. The minimum absolute atomic E-state index is 0.332. The van der Waals surface area contributed by atoms with E-state index in [1.165, 1.54) is 18.4 Å². The highest BCUT2D eigenvalue weighted by Gasteiger charge is 2.23. The number of rotatable bonds is 4. The monoisotopic (exact) mass is 259 g/mol. The van der Waals surface area contributed by atoms with Crippen LogP contribution in [0.5, 0.6) is 0 Å². The van der Waals surface area contributed by atoms with Crippen molar-refractivity contribution in [3.05, 3.63) is 35.9 Å². The molecule has 19 heavy (non-hydrogen) atoms. The molecular weight excluding hydrogens is 234 g/mol. The van der Waals surface area contributed by atoms with Gasteiger partial charge in [-0.3, -0.25) is 4.90 Å². The molecule has 2 nitrogen and oxygen atoms in total. The average molecular weight is 259 g/mol. The maximum absolute atomic E-state index is 11.4. The zero-order chi connectivity index (χ0) is 13.7. The van der Waals surface area contributed by atoms with E-state index >= 15 is 0 Å². The number of ketones is 1. The molecule has 2 heteroatoms. The first-order valence-electron chi connectivity index (χ1n) is 7.39. The summed E-state index contributed by atoms with van der Waals surface area (Å²) in [7, 11) is 0. The van der Waals surface area contributed by atoms with Gasteiger partial charge in [-0.25, -0.2) is 0 Å². The van der Waals surface area contributed by atoms with E-state index in [4.69, 9.17) is 0 Å². The maximum Gasteiger partial charge on any atom is 0.130 e. The molecule has 2 atom stereocenters. The predicted molar refractivity (Wildman–Crippen MR) is 78.9 cm³/mol. The van der Waals surface area contributed by atoms with E-state index in [1.807, 2.05) is 0 Å². The van der Waals surface area contributed by atoms with Gasteiger partial charge in [-0.05, 0) is 43.7 Å². The van der Waals surface area contributed by atoms with Crippen molar-refractivity contribution in [3.8, 4) is 0 Å². The first kappa shape index (κ1) is 14.3. The van der Waals surface area contributed by atoms with E-state index in [1.54, 1.807) is 6.92 Å². The van der Waals surface area contributed by atoms with Crippen molar-refractivity contribution in [1.82, 2.24) is 4.90 Å². The Labute approximate surface area is 116 Å². The van der Waals surface area contributed by atoms with Crippen molar-refractivity contribution in [2.45, 2.75) is 39.7 Å². The summed E-state index contributed by atoms with van der Waals surface area (Å²) in [6.45, 7) is 7.28. The van der Waals surface area contributed by atoms with Crippen LogP contribution in [0.1, 0.15) is 38.7 Å². The summed E-state index contributed by atoms with van der Waals surface area (Å²) in [4.78, 5) is 13.9. The van der Waals surface area contributed by atoms with Gasteiger partial charge in [0.15, 0.2) is 0 Å². The predicted octanol–water partition coefficient (Wildman–Crippen LogP) is 3.51. The van der Waals surface area contributed by atoms with Gasteiger partial charge >= 0.3 is 0 Å². The summed E-state index contributed by atoms with van der Waals surface area (Å²) in [6.07, 6.45) is 3.20. The number of benzene rings is 1. The lowest BCUT2D eigenvalue weighted by molar-refractivity contribution is -0.118. The Balaban J connectivity index is 1.97. The third-order valence-corrected chi connectivity index (χ3v) is 4.02. The summed E-state index contributed by atoms with van der Waals surface area (Å²) < 4.78 is 0. The number of hydrogen-bond donors (Lipinski definition) is 0. The smallest absolute Gasteiger partial charge is 0.130 e. The molecule has 2 rings (SSSR count). The SMILES string of the molecule is CC(=O)CC1CC(C)CCN(Cc2ccccc2)C1. The van der Waals surface area contributed by atoms with Gasteiger partial charge in [0.1, 0.15) is 5.78 Å². The molecule has 0 spiro atoms. The summed E-state index contributed by atoms with van der Waals surface area (Å²) >= 11 is 0. The molecular formula is C17H25NO. The second-order valence-electron chi connectivity index (χ2n) is 6.12. The van der Waals surface area contributed by atoms with Gasteiger partial charge in [-0.15, -0.1) is 0 Å². The molecule has 1 aromatic carbocycles. The third-order valence-electron chi connectivity index (χ3n) is 4.02. The van der Waals surface area contributed by atoms with Crippen LogP contribution in [-0.4, -0.2) is 23.8 Å². The number of likely N-dealkylation sites (tertiary alicyclic amines) is 1. The zero-order valence-electron chi connectivity index (χ0n) is 12.1. The van der Waals surface area contributed by atoms with E-state index in [-0.39, 0.29) is 0 Å². The molecule has 0 radical (unpaired) electrons. The standard InChI is InChI=1S/C17H25NO/c1-14-8-9-18(12-16-6-4-3-5-7-16)13-17(10-14)11-15(2)19/h3-7,14,17H,8-13H2,1-2H3. The van der Waals surface area contributed by atoms with E-state index < -0.39 is 0 Å². The van der Waals surface area contributed by atoms with Gasteiger partial charge in [0, 0.05) is 19.5 Å². The number of hydrogen-bond acceptors (Lipinski definition) is 2. The molecule has 1 fully saturated rings. The van der Waals surface area contributed by atoms with E-state index in [0.717, 1.165) is 32.0 Å².